The summed E-state index contributed by atoms with van der Waals surface area (Å²) < 4.78 is 2.18. The zero-order chi connectivity index (χ0) is 20.9. The molecule has 0 spiro atoms. The first kappa shape index (κ1) is 19.6. The first-order valence-corrected chi connectivity index (χ1v) is 10.1. The van der Waals surface area contributed by atoms with Crippen LogP contribution >= 0.6 is 0 Å². The number of primary amides is 1. The fourth-order valence-corrected chi connectivity index (χ4v) is 3.75. The molecular formula is C22H24N6O2. The highest BCUT2D eigenvalue weighted by atomic mass is 16.2. The van der Waals surface area contributed by atoms with E-state index in [0.717, 1.165) is 54.3 Å². The molecule has 8 nitrogen and oxygen atoms in total. The summed E-state index contributed by atoms with van der Waals surface area (Å²) in [6.45, 7) is 0.906. The lowest BCUT2D eigenvalue weighted by molar-refractivity contribution is -0.120. The van der Waals surface area contributed by atoms with Crippen LogP contribution in [0, 0.1) is 0 Å². The van der Waals surface area contributed by atoms with Crippen molar-refractivity contribution in [2.75, 3.05) is 5.32 Å². The number of imide groups is 1. The topological polar surface area (TPSA) is 115 Å². The second kappa shape index (κ2) is 8.77. The van der Waals surface area contributed by atoms with Gasteiger partial charge in [-0.15, -0.1) is 10.2 Å². The van der Waals surface area contributed by atoms with Crippen molar-refractivity contribution < 1.29 is 9.59 Å². The molecule has 30 heavy (non-hydrogen) atoms. The van der Waals surface area contributed by atoms with Crippen molar-refractivity contribution in [3.8, 4) is 11.4 Å². The number of hydrogen-bond donors (Lipinski definition) is 3. The number of rotatable bonds is 5. The van der Waals surface area contributed by atoms with Crippen molar-refractivity contribution in [1.82, 2.24) is 20.1 Å². The zero-order valence-corrected chi connectivity index (χ0v) is 16.5. The first-order chi connectivity index (χ1) is 14.6. The molecule has 0 bridgehead atoms. The van der Waals surface area contributed by atoms with Crippen LogP contribution in [0.3, 0.4) is 0 Å². The summed E-state index contributed by atoms with van der Waals surface area (Å²) in [5.41, 5.74) is 7.52. The van der Waals surface area contributed by atoms with Gasteiger partial charge >= 0.3 is 6.03 Å². The van der Waals surface area contributed by atoms with Gasteiger partial charge in [0.15, 0.2) is 5.82 Å². The molecule has 8 heteroatoms. The number of anilines is 1. The fraction of sp³-hybridized carbons (Fsp3) is 0.273. The largest absolute Gasteiger partial charge is 0.370 e. The lowest BCUT2D eigenvalue weighted by Gasteiger charge is -2.19. The number of urea groups is 1. The van der Waals surface area contributed by atoms with E-state index in [2.05, 4.69) is 25.4 Å². The maximum Gasteiger partial charge on any atom is 0.318 e. The average Bonchev–Trinajstić information content (AvgIpc) is 3.00. The molecule has 2 aromatic carbocycles. The van der Waals surface area contributed by atoms with Gasteiger partial charge < -0.3 is 15.6 Å². The van der Waals surface area contributed by atoms with Crippen molar-refractivity contribution >= 4 is 17.6 Å². The summed E-state index contributed by atoms with van der Waals surface area (Å²) in [4.78, 5) is 23.8. The van der Waals surface area contributed by atoms with Crippen LogP contribution < -0.4 is 16.4 Å². The number of aromatic nitrogens is 3. The SMILES string of the molecule is NC(=O)NC(=O)[C@@H](Nc1cccc(-c2nnc3n2CCCCC3)c1)c1ccccc1. The van der Waals surface area contributed by atoms with E-state index in [1.807, 2.05) is 54.6 Å². The number of nitrogens with zero attached hydrogens (tertiary/aromatic N) is 3. The average molecular weight is 404 g/mol. The van der Waals surface area contributed by atoms with Crippen LogP contribution in [0.5, 0.6) is 0 Å². The highest BCUT2D eigenvalue weighted by Gasteiger charge is 2.22. The van der Waals surface area contributed by atoms with Crippen LogP contribution in [0.4, 0.5) is 10.5 Å². The van der Waals surface area contributed by atoms with Crippen molar-refractivity contribution in [2.45, 2.75) is 38.3 Å². The molecule has 1 aromatic heterocycles. The Morgan fingerprint density at radius 1 is 1.00 bits per heavy atom. The van der Waals surface area contributed by atoms with Gasteiger partial charge in [-0.25, -0.2) is 4.79 Å². The van der Waals surface area contributed by atoms with Gasteiger partial charge in [0, 0.05) is 24.2 Å². The molecule has 4 rings (SSSR count). The predicted molar refractivity (Wildman–Crippen MR) is 114 cm³/mol. The molecule has 1 aliphatic rings. The van der Waals surface area contributed by atoms with E-state index in [1.54, 1.807) is 0 Å². The summed E-state index contributed by atoms with van der Waals surface area (Å²) in [5, 5.41) is 14.2. The molecule has 1 atom stereocenters. The number of fused-ring (bicyclic) bond motifs is 1. The lowest BCUT2D eigenvalue weighted by atomic mass is 10.1. The van der Waals surface area contributed by atoms with Gasteiger partial charge in [-0.3, -0.25) is 10.1 Å². The van der Waals surface area contributed by atoms with Gasteiger partial charge in [0.25, 0.3) is 5.91 Å². The smallest absolute Gasteiger partial charge is 0.318 e. The third kappa shape index (κ3) is 4.32. The maximum atomic E-state index is 12.6. The minimum Gasteiger partial charge on any atom is -0.370 e. The molecule has 0 saturated carbocycles. The Morgan fingerprint density at radius 2 is 1.83 bits per heavy atom. The van der Waals surface area contributed by atoms with Gasteiger partial charge in [-0.2, -0.15) is 0 Å². The van der Waals surface area contributed by atoms with E-state index in [9.17, 15) is 9.59 Å². The molecule has 1 aliphatic heterocycles. The second-order valence-electron chi connectivity index (χ2n) is 7.32. The number of carbonyl (C=O) groups excluding carboxylic acids is 2. The van der Waals surface area contributed by atoms with Crippen LogP contribution in [0.2, 0.25) is 0 Å². The van der Waals surface area contributed by atoms with Crippen molar-refractivity contribution in [2.24, 2.45) is 5.73 Å². The summed E-state index contributed by atoms with van der Waals surface area (Å²) in [5.74, 6) is 1.33. The van der Waals surface area contributed by atoms with E-state index < -0.39 is 18.0 Å². The molecule has 0 saturated heterocycles. The highest BCUT2D eigenvalue weighted by Crippen LogP contribution is 2.27. The molecule has 0 radical (unpaired) electrons. The summed E-state index contributed by atoms with van der Waals surface area (Å²) in [7, 11) is 0. The van der Waals surface area contributed by atoms with Crippen molar-refractivity contribution in [1.29, 1.82) is 0 Å². The van der Waals surface area contributed by atoms with E-state index in [-0.39, 0.29) is 0 Å². The molecule has 0 aliphatic carbocycles. The molecule has 3 amide bonds. The fourth-order valence-electron chi connectivity index (χ4n) is 3.75. The number of benzene rings is 2. The summed E-state index contributed by atoms with van der Waals surface area (Å²) >= 11 is 0. The normalized spacial score (nSPS) is 14.3. The second-order valence-corrected chi connectivity index (χ2v) is 7.32. The standard InChI is InChI=1S/C22H24N6O2/c23-22(30)25-21(29)19(15-8-3-1-4-9-15)24-17-11-7-10-16(14-17)20-27-26-18-12-5-2-6-13-28(18)20/h1,3-4,7-11,14,19,24H,2,5-6,12-13H2,(H3,23,25,29,30)/t19-/m0/s1. The minimum absolute atomic E-state index is 0.518. The Morgan fingerprint density at radius 3 is 2.63 bits per heavy atom. The van der Waals surface area contributed by atoms with E-state index in [0.29, 0.717) is 0 Å². The third-order valence-corrected chi connectivity index (χ3v) is 5.18. The van der Waals surface area contributed by atoms with Crippen LogP contribution in [-0.4, -0.2) is 26.7 Å². The molecule has 0 fully saturated rings. The lowest BCUT2D eigenvalue weighted by Crippen LogP contribution is -2.40. The molecule has 154 valence electrons. The Balaban J connectivity index is 1.63. The Kier molecular flexibility index (Phi) is 5.74. The Labute approximate surface area is 174 Å². The van der Waals surface area contributed by atoms with Crippen LogP contribution in [0.1, 0.15) is 36.7 Å². The number of aryl methyl sites for hydroxylation is 1. The van der Waals surface area contributed by atoms with E-state index >= 15 is 0 Å². The number of nitrogens with one attached hydrogen (secondary N) is 2. The Hall–Kier alpha value is -3.68. The van der Waals surface area contributed by atoms with Crippen LogP contribution in [0.15, 0.2) is 54.6 Å². The monoisotopic (exact) mass is 404 g/mol. The third-order valence-electron chi connectivity index (χ3n) is 5.18. The van der Waals surface area contributed by atoms with Gasteiger partial charge in [-0.05, 0) is 30.5 Å². The van der Waals surface area contributed by atoms with Crippen LogP contribution in [0.25, 0.3) is 11.4 Å². The summed E-state index contributed by atoms with van der Waals surface area (Å²) in [6.07, 6.45) is 4.37. The first-order valence-electron chi connectivity index (χ1n) is 10.1. The van der Waals surface area contributed by atoms with Gasteiger partial charge in [0.1, 0.15) is 11.9 Å². The molecule has 2 heterocycles. The zero-order valence-electron chi connectivity index (χ0n) is 16.5. The Bertz CT molecular complexity index is 1050. The highest BCUT2D eigenvalue weighted by molar-refractivity contribution is 5.98. The number of nitrogens with two attached hydrogens (primary N) is 1. The molecular weight excluding hydrogens is 380 g/mol. The van der Waals surface area contributed by atoms with Crippen molar-refractivity contribution in [3.05, 3.63) is 66.0 Å². The quantitative estimate of drug-likeness (QED) is 0.605. The maximum absolute atomic E-state index is 12.6. The predicted octanol–water partition coefficient (Wildman–Crippen LogP) is 3.02. The van der Waals surface area contributed by atoms with E-state index in [4.69, 9.17) is 5.73 Å². The van der Waals surface area contributed by atoms with E-state index in [1.165, 1.54) is 6.42 Å². The van der Waals surface area contributed by atoms with Gasteiger partial charge in [0.2, 0.25) is 0 Å². The van der Waals surface area contributed by atoms with Gasteiger partial charge in [0.05, 0.1) is 0 Å². The van der Waals surface area contributed by atoms with Crippen molar-refractivity contribution in [3.63, 3.8) is 0 Å². The number of hydrogen-bond acceptors (Lipinski definition) is 5. The molecule has 4 N–H and O–H groups in total. The number of carbonyl (C=O) groups is 2. The van der Waals surface area contributed by atoms with Gasteiger partial charge in [-0.1, -0.05) is 48.9 Å². The van der Waals surface area contributed by atoms with Crippen LogP contribution in [-0.2, 0) is 17.8 Å². The minimum atomic E-state index is -0.886. The summed E-state index contributed by atoms with van der Waals surface area (Å²) in [6, 6.07) is 15.2. The number of amides is 3. The molecule has 0 unspecified atom stereocenters. The molecule has 3 aromatic rings.